The average molecular weight is 681 g/mol. The second-order valence-corrected chi connectivity index (χ2v) is 13.9. The van der Waals surface area contributed by atoms with E-state index in [9.17, 15) is 13.2 Å². The van der Waals surface area contributed by atoms with Gasteiger partial charge in [0.25, 0.3) is 5.92 Å². The minimum Gasteiger partial charge on any atom is -0.496 e. The molecule has 1 aliphatic carbocycles. The van der Waals surface area contributed by atoms with E-state index in [1.54, 1.807) is 18.2 Å². The first kappa shape index (κ1) is 31.6. The Morgan fingerprint density at radius 3 is 2.42 bits per heavy atom. The molecule has 1 saturated heterocycles. The number of halogens is 3. The van der Waals surface area contributed by atoms with Gasteiger partial charge in [-0.2, -0.15) is 0 Å². The highest BCUT2D eigenvalue weighted by atomic mass is 79.9. The van der Waals surface area contributed by atoms with Crippen LogP contribution in [0.25, 0.3) is 10.8 Å². The van der Waals surface area contributed by atoms with Crippen molar-refractivity contribution in [3.05, 3.63) is 64.6 Å². The average Bonchev–Trinajstić information content (AvgIpc) is 3.50. The van der Waals surface area contributed by atoms with Crippen molar-refractivity contribution in [3.8, 4) is 11.5 Å². The Labute approximate surface area is 259 Å². The van der Waals surface area contributed by atoms with Gasteiger partial charge in [0.1, 0.15) is 17.4 Å². The first-order valence-corrected chi connectivity index (χ1v) is 16.7. The van der Waals surface area contributed by atoms with Crippen LogP contribution in [0.1, 0.15) is 44.1 Å². The molecule has 232 valence electrons. The van der Waals surface area contributed by atoms with Crippen molar-refractivity contribution in [2.24, 2.45) is 11.7 Å². The second kappa shape index (κ2) is 13.1. The Morgan fingerprint density at radius 1 is 1.05 bits per heavy atom. The number of likely N-dealkylation sites (tertiary alicyclic amines) is 1. The molecular formula is C31H36BrF2N3O5S. The molecule has 1 amide bonds. The van der Waals surface area contributed by atoms with Crippen LogP contribution in [0, 0.1) is 5.92 Å². The van der Waals surface area contributed by atoms with Crippen LogP contribution in [0.4, 0.5) is 8.78 Å². The third-order valence-corrected chi connectivity index (χ3v) is 10.4. The lowest BCUT2D eigenvalue weighted by atomic mass is 9.92. The van der Waals surface area contributed by atoms with Crippen LogP contribution in [0.2, 0.25) is 0 Å². The second-order valence-electron chi connectivity index (χ2n) is 11.2. The molecular weight excluding hydrogens is 644 g/mol. The normalized spacial score (nSPS) is 17.7. The smallest absolute Gasteiger partial charge is 0.286 e. The number of hydrogen-bond donors (Lipinski definition) is 2. The van der Waals surface area contributed by atoms with Gasteiger partial charge in [0.2, 0.25) is 15.9 Å². The summed E-state index contributed by atoms with van der Waals surface area (Å²) in [4.78, 5) is 14.8. The van der Waals surface area contributed by atoms with Gasteiger partial charge in [-0.05, 0) is 102 Å². The molecule has 1 aliphatic heterocycles. The van der Waals surface area contributed by atoms with Crippen molar-refractivity contribution in [1.82, 2.24) is 9.62 Å². The summed E-state index contributed by atoms with van der Waals surface area (Å²) in [6.45, 7) is -0.360. The van der Waals surface area contributed by atoms with Gasteiger partial charge in [0.05, 0.1) is 22.6 Å². The fraction of sp³-hybridized carbons (Fsp3) is 0.452. The summed E-state index contributed by atoms with van der Waals surface area (Å²) in [5, 5.41) is 1.45. The molecule has 5 rings (SSSR count). The summed E-state index contributed by atoms with van der Waals surface area (Å²) in [6, 6.07) is 13.7. The van der Waals surface area contributed by atoms with Crippen molar-refractivity contribution in [3.63, 3.8) is 0 Å². The monoisotopic (exact) mass is 679 g/mol. The van der Waals surface area contributed by atoms with Crippen molar-refractivity contribution in [2.45, 2.75) is 61.5 Å². The molecule has 0 aromatic heterocycles. The third-order valence-electron chi connectivity index (χ3n) is 8.30. The molecule has 43 heavy (non-hydrogen) atoms. The number of nitrogens with two attached hydrogens (primary N) is 1. The van der Waals surface area contributed by atoms with Crippen LogP contribution in [-0.4, -0.2) is 58.1 Å². The summed E-state index contributed by atoms with van der Waals surface area (Å²) in [7, 11) is -2.90. The molecule has 1 atom stereocenters. The molecule has 3 aromatic rings. The highest BCUT2D eigenvalue weighted by molar-refractivity contribution is 9.10. The number of sulfonamides is 1. The summed E-state index contributed by atoms with van der Waals surface area (Å²) < 4.78 is 73.0. The number of nitrogens with one attached hydrogen (secondary N) is 1. The summed E-state index contributed by atoms with van der Waals surface area (Å²) in [5.41, 5.74) is 5.50. The highest BCUT2D eigenvalue weighted by Gasteiger charge is 2.48. The number of piperidine rings is 1. The largest absolute Gasteiger partial charge is 0.496 e. The van der Waals surface area contributed by atoms with Crippen molar-refractivity contribution in [2.75, 3.05) is 26.7 Å². The van der Waals surface area contributed by atoms with Crippen LogP contribution in [0.15, 0.2) is 64.0 Å². The number of carbonyl (C=O) groups excluding carboxylic acids is 1. The number of alkyl halides is 2. The number of hydrogen-bond acceptors (Lipinski definition) is 6. The lowest BCUT2D eigenvalue weighted by Crippen LogP contribution is -2.51. The minimum atomic E-state index is -4.25. The fourth-order valence-electron chi connectivity index (χ4n) is 5.70. The molecule has 1 saturated carbocycles. The van der Waals surface area contributed by atoms with E-state index in [4.69, 9.17) is 15.2 Å². The van der Waals surface area contributed by atoms with Gasteiger partial charge in [-0.15, -0.1) is 0 Å². The quantitative estimate of drug-likeness (QED) is 0.290. The lowest BCUT2D eigenvalue weighted by molar-refractivity contribution is -0.152. The number of ether oxygens (including phenoxy) is 2. The number of rotatable bonds is 10. The van der Waals surface area contributed by atoms with Crippen molar-refractivity contribution in [1.29, 1.82) is 0 Å². The van der Waals surface area contributed by atoms with E-state index in [1.807, 2.05) is 6.07 Å². The maximum atomic E-state index is 16.1. The first-order chi connectivity index (χ1) is 20.5. The van der Waals surface area contributed by atoms with Gasteiger partial charge >= 0.3 is 0 Å². The summed E-state index contributed by atoms with van der Waals surface area (Å²) in [6.07, 6.45) is 5.48. The van der Waals surface area contributed by atoms with Gasteiger partial charge in [-0.1, -0.05) is 18.2 Å². The van der Waals surface area contributed by atoms with Crippen molar-refractivity contribution < 1.29 is 31.5 Å². The number of carbonyl (C=O) groups is 1. The van der Waals surface area contributed by atoms with Crippen LogP contribution in [0.5, 0.6) is 11.5 Å². The number of methoxy groups -OCH3 is 1. The molecule has 8 nitrogen and oxygen atoms in total. The van der Waals surface area contributed by atoms with Crippen LogP contribution in [-0.2, 0) is 20.7 Å². The number of amides is 1. The molecule has 0 spiro atoms. The molecule has 0 bridgehead atoms. The van der Waals surface area contributed by atoms with E-state index in [0.29, 0.717) is 22.7 Å². The summed E-state index contributed by atoms with van der Waals surface area (Å²) in [5.74, 6) is -5.67. The number of nitrogens with zero attached hydrogens (tertiary/aromatic N) is 1. The zero-order chi connectivity index (χ0) is 30.8. The predicted octanol–water partition coefficient (Wildman–Crippen LogP) is 5.57. The maximum Gasteiger partial charge on any atom is 0.286 e. The minimum absolute atomic E-state index is 0.0896. The third kappa shape index (κ3) is 7.13. The zero-order valence-electron chi connectivity index (χ0n) is 23.9. The van der Waals surface area contributed by atoms with Gasteiger partial charge in [-0.3, -0.25) is 4.79 Å². The van der Waals surface area contributed by atoms with Crippen LogP contribution < -0.4 is 19.9 Å². The lowest BCUT2D eigenvalue weighted by Gasteiger charge is -2.35. The standard InChI is InChI=1S/C31H36BrF2N3O5S/c1-41-29-18-22(8-11-28(29)32)31(33,34)27(30(38)37-14-12-23(35)13-15-37)19-36-43(39,40)26-10-7-20-16-25(9-6-21(20)17-26)42-24-4-2-3-5-24/h6-11,16-18,23-24,27,36H,2-5,12-15,19,35H2,1H3/t27-/m0/s1. The van der Waals surface area contributed by atoms with Gasteiger partial charge in [0.15, 0.2) is 0 Å². The van der Waals surface area contributed by atoms with Crippen molar-refractivity contribution >= 4 is 42.6 Å². The topological polar surface area (TPSA) is 111 Å². The Morgan fingerprint density at radius 2 is 1.72 bits per heavy atom. The Hall–Kier alpha value is -2.80. The van der Waals surface area contributed by atoms with Gasteiger partial charge < -0.3 is 20.1 Å². The molecule has 2 aliphatic rings. The Bertz CT molecular complexity index is 1570. The van der Waals surface area contributed by atoms with Gasteiger partial charge in [0, 0.05) is 31.2 Å². The molecule has 1 heterocycles. The van der Waals surface area contributed by atoms with Crippen LogP contribution in [0.3, 0.4) is 0 Å². The van der Waals surface area contributed by atoms with Crippen LogP contribution >= 0.6 is 15.9 Å². The summed E-state index contributed by atoms with van der Waals surface area (Å²) >= 11 is 3.26. The molecule has 0 radical (unpaired) electrons. The molecule has 3 aromatic carbocycles. The van der Waals surface area contributed by atoms with E-state index in [0.717, 1.165) is 42.9 Å². The molecule has 3 N–H and O–H groups in total. The Kier molecular flexibility index (Phi) is 9.60. The molecule has 2 fully saturated rings. The number of fused-ring (bicyclic) bond motifs is 1. The fourth-order valence-corrected chi connectivity index (χ4v) is 7.19. The van der Waals surface area contributed by atoms with Gasteiger partial charge in [-0.25, -0.2) is 21.9 Å². The maximum absolute atomic E-state index is 16.1. The first-order valence-electron chi connectivity index (χ1n) is 14.4. The van der Waals surface area contributed by atoms with E-state index >= 15 is 8.78 Å². The molecule has 0 unspecified atom stereocenters. The molecule has 12 heteroatoms. The zero-order valence-corrected chi connectivity index (χ0v) is 26.3. The highest BCUT2D eigenvalue weighted by Crippen LogP contribution is 2.40. The van der Waals surface area contributed by atoms with E-state index in [2.05, 4.69) is 20.7 Å². The van der Waals surface area contributed by atoms with E-state index in [-0.39, 0.29) is 35.9 Å². The predicted molar refractivity (Wildman–Crippen MR) is 164 cm³/mol. The van der Waals surface area contributed by atoms with E-state index in [1.165, 1.54) is 36.3 Å². The SMILES string of the molecule is COc1cc(C(F)(F)[C@@H](CNS(=O)(=O)c2ccc3cc(OC4CCCC4)ccc3c2)C(=O)N2CCC(N)CC2)ccc1Br. The van der Waals surface area contributed by atoms with E-state index < -0.39 is 39.9 Å². The number of benzene rings is 3. The Balaban J connectivity index is 1.38.